The van der Waals surface area contributed by atoms with E-state index in [0.29, 0.717) is 88.7 Å². The summed E-state index contributed by atoms with van der Waals surface area (Å²) >= 11 is 11.2. The van der Waals surface area contributed by atoms with Crippen LogP contribution in [0.25, 0.3) is 0 Å². The lowest BCUT2D eigenvalue weighted by Gasteiger charge is -2.15. The Kier molecular flexibility index (Phi) is 47.1. The van der Waals surface area contributed by atoms with E-state index in [1.54, 1.807) is 66.7 Å². The highest BCUT2D eigenvalue weighted by molar-refractivity contribution is 14.1. The van der Waals surface area contributed by atoms with Crippen molar-refractivity contribution in [3.63, 3.8) is 0 Å². The van der Waals surface area contributed by atoms with Crippen LogP contribution in [0.3, 0.4) is 0 Å². The molecule has 147 heavy (non-hydrogen) atoms. The molecule has 0 spiro atoms. The second kappa shape index (κ2) is 58.8. The van der Waals surface area contributed by atoms with E-state index in [1.807, 2.05) is 243 Å². The summed E-state index contributed by atoms with van der Waals surface area (Å²) in [4.78, 5) is 68.6. The van der Waals surface area contributed by atoms with Gasteiger partial charge in [0.2, 0.25) is 0 Å². The first-order valence-electron chi connectivity index (χ1n) is 45.1. The Balaban J connectivity index is 0.000000215. The van der Waals surface area contributed by atoms with Gasteiger partial charge in [0.1, 0.15) is 74.1 Å². The lowest BCUT2D eigenvalue weighted by Crippen LogP contribution is -2.18. The molecule has 0 radical (unpaired) electrons. The summed E-state index contributed by atoms with van der Waals surface area (Å²) in [5, 5.41) is 14.3. The van der Waals surface area contributed by atoms with E-state index in [2.05, 4.69) is 98.8 Å². The summed E-state index contributed by atoms with van der Waals surface area (Å²) in [7, 11) is 0. The van der Waals surface area contributed by atoms with Gasteiger partial charge >= 0.3 is 76.2 Å². The molecule has 12 aromatic carbocycles. The molecule has 1 saturated carbocycles. The fraction of sp³-hybridized carbons (Fsp3) is 0.278. The fourth-order valence-corrected chi connectivity index (χ4v) is 14.9. The Hall–Kier alpha value is -14.3. The van der Waals surface area contributed by atoms with E-state index < -0.39 is 76.2 Å². The van der Waals surface area contributed by atoms with Crippen LogP contribution in [-0.2, 0) is 74.5 Å². The Morgan fingerprint density at radius 1 is 0.293 bits per heavy atom. The molecule has 0 heterocycles. The summed E-state index contributed by atoms with van der Waals surface area (Å²) in [6, 6.07) is 66.3. The molecule has 6 N–H and O–H groups in total. The zero-order valence-electron chi connectivity index (χ0n) is 82.2. The van der Waals surface area contributed by atoms with Gasteiger partial charge in [-0.2, -0.15) is 52.7 Å². The molecular weight excluding hydrogens is 2140 g/mol. The number of hydrogen-bond acceptors (Lipinski definition) is 18. The molecule has 0 saturated heterocycles. The molecular formula is C108H109BrClF12IN6O18. The normalized spacial score (nSPS) is 11.1. The van der Waals surface area contributed by atoms with Gasteiger partial charge in [0.15, 0.2) is 0 Å². The molecule has 6 amide bonds. The van der Waals surface area contributed by atoms with Crippen LogP contribution in [-0.4, -0.2) is 76.2 Å². The highest BCUT2D eigenvalue weighted by Crippen LogP contribution is 2.42. The van der Waals surface area contributed by atoms with Crippen molar-refractivity contribution in [3.8, 4) is 34.5 Å². The SMILES string of the molecule is CCc1ccc(COc2ccc(C)cc2C)c(NC(=O)OC(F)F)c1.Cc1ccc(OCc2ccc(Br)cc2NC(=O)OC(F)F)c(C)c1.Cc1ccc(OCc2ccc(C)cc2NC(=O)OC(F)F)c(C)c1.Cc1ccc(OCc2ccc(C3CC3)cc2NC(=O)OC(F)F)c(C)c1.Cc1ccc(OCc2ccc(Cl)cc2NC(=O)OC(F)F)c(C)c1.Cc1ccc(OCc2ccc(I)cc2NC(=O)OC(F)F)c(C)c1. The number of carbonyl (C=O) groups excluding carboxylic acids is 6. The Labute approximate surface area is 869 Å². The molecule has 1 aliphatic carbocycles. The molecule has 39 heteroatoms. The number of carbonyl (C=O) groups is 6. The van der Waals surface area contributed by atoms with Gasteiger partial charge in [-0.25, -0.2) is 28.8 Å². The van der Waals surface area contributed by atoms with Crippen LogP contribution in [0.5, 0.6) is 34.5 Å². The number of aryl methyl sites for hydroxylation is 14. The van der Waals surface area contributed by atoms with Crippen molar-refractivity contribution in [3.05, 3.63) is 348 Å². The average molecular weight is 2250 g/mol. The van der Waals surface area contributed by atoms with Crippen molar-refractivity contribution < 1.29 is 138 Å². The van der Waals surface area contributed by atoms with E-state index in [1.165, 1.54) is 6.07 Å². The molecule has 1 aliphatic rings. The van der Waals surface area contributed by atoms with Gasteiger partial charge in [0, 0.05) is 46.4 Å². The summed E-state index contributed by atoms with van der Waals surface area (Å²) in [6.07, 6.45) is -4.34. The smallest absolute Gasteiger partial charge is 0.416 e. The highest BCUT2D eigenvalue weighted by atomic mass is 127. The summed E-state index contributed by atoms with van der Waals surface area (Å²) < 4.78 is 205. The number of rotatable bonds is 32. The number of halogens is 15. The Morgan fingerprint density at radius 2 is 0.524 bits per heavy atom. The highest BCUT2D eigenvalue weighted by Gasteiger charge is 2.27. The number of alkyl halides is 12. The number of amides is 6. The number of anilines is 6. The van der Waals surface area contributed by atoms with Crippen molar-refractivity contribution >= 4 is 121 Å². The lowest BCUT2D eigenvalue weighted by atomic mass is 10.1. The van der Waals surface area contributed by atoms with Crippen molar-refractivity contribution in [2.24, 2.45) is 0 Å². The van der Waals surface area contributed by atoms with Gasteiger partial charge < -0.3 is 56.8 Å². The van der Waals surface area contributed by atoms with E-state index in [9.17, 15) is 81.5 Å². The van der Waals surface area contributed by atoms with Crippen LogP contribution in [0.1, 0.15) is 143 Å². The molecule has 13 rings (SSSR count). The van der Waals surface area contributed by atoms with Gasteiger partial charge in [-0.1, -0.05) is 195 Å². The molecule has 0 bridgehead atoms. The van der Waals surface area contributed by atoms with E-state index in [0.717, 1.165) is 129 Å². The van der Waals surface area contributed by atoms with Crippen molar-refractivity contribution in [1.29, 1.82) is 0 Å². The monoisotopic (exact) mass is 2250 g/mol. The minimum absolute atomic E-state index is 0.130. The average Bonchev–Trinajstić information content (AvgIpc) is 1.71. The number of nitrogens with one attached hydrogen (secondary N) is 6. The van der Waals surface area contributed by atoms with Crippen LogP contribution in [0.4, 0.5) is 116 Å². The molecule has 784 valence electrons. The minimum atomic E-state index is -3.20. The second-order valence-corrected chi connectivity index (χ2v) is 35.8. The molecule has 1 fully saturated rings. The van der Waals surface area contributed by atoms with Crippen LogP contribution in [0.2, 0.25) is 5.02 Å². The maximum atomic E-state index is 12.2. The van der Waals surface area contributed by atoms with Gasteiger partial charge in [-0.3, -0.25) is 31.9 Å². The standard InChI is InChI=1S/C20H21F2NO3.C19H21F2NO3.C18H19F2NO3.C17H16BrF2NO3.C17H16ClF2NO3.C17H16F2INO3/c1-12-3-8-18(13(2)9-12)25-11-16-7-6-15(14-4-5-14)10-17(16)23-20(24)26-19(21)22;1-4-14-6-7-15(16(10-14)22-19(23)25-18(20)21)11-24-17-8-5-12(2)9-13(17)3;1-11-5-7-16(13(3)8-11)23-10-14-6-4-12(2)9-15(14)21-18(22)24-17(19)20;2*1-10-3-6-15(11(2)7-10)23-9-12-4-5-13(18)8-14(12)21-17(22)24-16(19)20;1-10-3-6-15(11(2)7-10)23-9-12-4-5-13(20)8-14(12)21-17(22)24-16(18)19/h3,6-10,14,19H,4-5,11H2,1-2H3,(H,23,24);5-10,18H,4,11H2,1-3H3,(H,22,23);4-9,17H,10H2,1-3H3,(H,21,22);3*3-8,16H,9H2,1-2H3,(H,21,22). The van der Waals surface area contributed by atoms with Crippen molar-refractivity contribution in [1.82, 2.24) is 0 Å². The van der Waals surface area contributed by atoms with Gasteiger partial charge in [-0.15, -0.1) is 0 Å². The predicted octanol–water partition coefficient (Wildman–Crippen LogP) is 31.7. The molecule has 12 aromatic rings. The second-order valence-electron chi connectivity index (χ2n) is 33.2. The van der Waals surface area contributed by atoms with E-state index >= 15 is 0 Å². The zero-order chi connectivity index (χ0) is 108. The number of benzene rings is 12. The summed E-state index contributed by atoms with van der Waals surface area (Å²) in [6.45, 7) is 9.44. The van der Waals surface area contributed by atoms with Gasteiger partial charge in [0.05, 0.1) is 34.1 Å². The van der Waals surface area contributed by atoms with E-state index in [4.69, 9.17) is 40.0 Å². The molecule has 0 aliphatic heterocycles. The van der Waals surface area contributed by atoms with Crippen molar-refractivity contribution in [2.75, 3.05) is 31.9 Å². The molecule has 0 atom stereocenters. The first-order chi connectivity index (χ1) is 69.7. The summed E-state index contributed by atoms with van der Waals surface area (Å²) in [5.41, 5.74) is 21.7. The fourth-order valence-electron chi connectivity index (χ4n) is 13.9. The van der Waals surface area contributed by atoms with Crippen molar-refractivity contribution in [2.45, 2.75) is 201 Å². The number of ether oxygens (including phenoxy) is 12. The number of hydrogen-bond donors (Lipinski definition) is 6. The largest absolute Gasteiger partial charge is 0.489 e. The maximum Gasteiger partial charge on any atom is 0.416 e. The third kappa shape index (κ3) is 42.4. The Bertz CT molecular complexity index is 5970. The minimum Gasteiger partial charge on any atom is -0.489 e. The van der Waals surface area contributed by atoms with E-state index in [-0.39, 0.29) is 45.3 Å². The lowest BCUT2D eigenvalue weighted by molar-refractivity contribution is -0.0777. The Morgan fingerprint density at radius 3 is 0.810 bits per heavy atom. The summed E-state index contributed by atoms with van der Waals surface area (Å²) in [5.74, 6) is 4.79. The van der Waals surface area contributed by atoms with Crippen LogP contribution in [0, 0.1) is 93.6 Å². The third-order valence-electron chi connectivity index (χ3n) is 21.1. The first-order valence-corrected chi connectivity index (χ1v) is 47.4. The molecule has 24 nitrogen and oxygen atoms in total. The van der Waals surface area contributed by atoms with Crippen LogP contribution >= 0.6 is 50.1 Å². The first kappa shape index (κ1) is 118. The quantitative estimate of drug-likeness (QED) is 0.0130. The third-order valence-corrected chi connectivity index (χ3v) is 22.5. The van der Waals surface area contributed by atoms with Crippen LogP contribution in [0.15, 0.2) is 223 Å². The zero-order valence-corrected chi connectivity index (χ0v) is 86.7. The molecule has 0 aromatic heterocycles. The van der Waals surface area contributed by atoms with Gasteiger partial charge in [0.25, 0.3) is 0 Å². The predicted molar refractivity (Wildman–Crippen MR) is 548 cm³/mol. The maximum absolute atomic E-state index is 12.2. The topological polar surface area (TPSA) is 285 Å². The molecule has 0 unspecified atom stereocenters. The van der Waals surface area contributed by atoms with Gasteiger partial charge in [-0.05, 0) is 279 Å². The van der Waals surface area contributed by atoms with Crippen LogP contribution < -0.4 is 60.3 Å².